The molecule has 22 heavy (non-hydrogen) atoms. The third kappa shape index (κ3) is 3.03. The van der Waals surface area contributed by atoms with E-state index in [1.54, 1.807) is 24.7 Å². The highest BCUT2D eigenvalue weighted by molar-refractivity contribution is 5.34. The first-order valence-electron chi connectivity index (χ1n) is 7.00. The van der Waals surface area contributed by atoms with Crippen LogP contribution in [0, 0.1) is 10.1 Å². The lowest BCUT2D eigenvalue weighted by atomic mass is 9.98. The van der Waals surface area contributed by atoms with Crippen LogP contribution in [-0.4, -0.2) is 14.5 Å². The van der Waals surface area contributed by atoms with Gasteiger partial charge in [-0.1, -0.05) is 42.5 Å². The van der Waals surface area contributed by atoms with E-state index in [4.69, 9.17) is 0 Å². The summed E-state index contributed by atoms with van der Waals surface area (Å²) in [5.41, 5.74) is 2.34. The Morgan fingerprint density at radius 1 is 1.09 bits per heavy atom. The van der Waals surface area contributed by atoms with Gasteiger partial charge >= 0.3 is 0 Å². The molecule has 0 saturated carbocycles. The molecule has 0 radical (unpaired) electrons. The molecule has 2 aromatic carbocycles. The number of nitro groups is 1. The van der Waals surface area contributed by atoms with E-state index < -0.39 is 0 Å². The molecule has 0 spiro atoms. The normalized spacial score (nSPS) is 12.0. The number of nitro benzene ring substituents is 1. The fraction of sp³-hybridized carbons (Fsp3) is 0.118. The number of imidazole rings is 1. The van der Waals surface area contributed by atoms with Crippen LogP contribution in [0.25, 0.3) is 0 Å². The van der Waals surface area contributed by atoms with E-state index in [2.05, 4.69) is 21.7 Å². The summed E-state index contributed by atoms with van der Waals surface area (Å²) in [5.74, 6) is 0. The number of hydrogen-bond donors (Lipinski definition) is 0. The average Bonchev–Trinajstić information content (AvgIpc) is 3.08. The van der Waals surface area contributed by atoms with E-state index in [-0.39, 0.29) is 16.7 Å². The molecule has 0 aliphatic carbocycles. The van der Waals surface area contributed by atoms with Gasteiger partial charge in [0.15, 0.2) is 0 Å². The molecule has 1 heterocycles. The number of hydrogen-bond acceptors (Lipinski definition) is 3. The Balaban J connectivity index is 1.89. The molecular weight excluding hydrogens is 278 g/mol. The third-order valence-corrected chi connectivity index (χ3v) is 3.65. The molecular formula is C17H15N3O2. The van der Waals surface area contributed by atoms with Gasteiger partial charge < -0.3 is 4.57 Å². The van der Waals surface area contributed by atoms with Crippen LogP contribution in [0.1, 0.15) is 17.2 Å². The van der Waals surface area contributed by atoms with Gasteiger partial charge in [-0.2, -0.15) is 0 Å². The predicted molar refractivity (Wildman–Crippen MR) is 83.6 cm³/mol. The van der Waals surface area contributed by atoms with E-state index >= 15 is 0 Å². The largest absolute Gasteiger partial charge is 0.330 e. The topological polar surface area (TPSA) is 61.0 Å². The molecule has 3 rings (SSSR count). The first kappa shape index (κ1) is 14.0. The van der Waals surface area contributed by atoms with Gasteiger partial charge in [0, 0.05) is 24.5 Å². The second-order valence-corrected chi connectivity index (χ2v) is 5.06. The minimum atomic E-state index is -0.381. The van der Waals surface area contributed by atoms with Gasteiger partial charge in [-0.15, -0.1) is 0 Å². The van der Waals surface area contributed by atoms with Crippen molar-refractivity contribution in [3.8, 4) is 0 Å². The lowest BCUT2D eigenvalue weighted by Gasteiger charge is -2.19. The van der Waals surface area contributed by atoms with Crippen LogP contribution >= 0.6 is 0 Å². The van der Waals surface area contributed by atoms with Crippen molar-refractivity contribution in [2.24, 2.45) is 0 Å². The van der Waals surface area contributed by atoms with Crippen LogP contribution in [0.3, 0.4) is 0 Å². The molecule has 5 nitrogen and oxygen atoms in total. The maximum Gasteiger partial charge on any atom is 0.269 e. The molecule has 3 aromatic rings. The molecule has 5 heteroatoms. The Morgan fingerprint density at radius 3 is 2.41 bits per heavy atom. The highest BCUT2D eigenvalue weighted by Gasteiger charge is 2.14. The second kappa shape index (κ2) is 6.22. The predicted octanol–water partition coefficient (Wildman–Crippen LogP) is 3.62. The maximum atomic E-state index is 10.7. The Bertz CT molecular complexity index is 737. The first-order valence-corrected chi connectivity index (χ1v) is 7.00. The minimum absolute atomic E-state index is 0.114. The highest BCUT2D eigenvalue weighted by Crippen LogP contribution is 2.24. The monoisotopic (exact) mass is 293 g/mol. The molecule has 0 aliphatic rings. The fourth-order valence-corrected chi connectivity index (χ4v) is 2.50. The quantitative estimate of drug-likeness (QED) is 0.533. The number of aromatic nitrogens is 2. The SMILES string of the molecule is O=[N+]([O-])c1ccc(CC(c2ccccc2)n2ccnc2)cc1. The van der Waals surface area contributed by atoms with E-state index in [0.717, 1.165) is 12.0 Å². The van der Waals surface area contributed by atoms with Gasteiger partial charge in [0.25, 0.3) is 5.69 Å². The van der Waals surface area contributed by atoms with Crippen molar-refractivity contribution in [2.45, 2.75) is 12.5 Å². The summed E-state index contributed by atoms with van der Waals surface area (Å²) in [5, 5.41) is 10.7. The molecule has 0 N–H and O–H groups in total. The Hall–Kier alpha value is -2.95. The van der Waals surface area contributed by atoms with E-state index in [1.807, 2.05) is 36.5 Å². The molecule has 0 amide bonds. The van der Waals surface area contributed by atoms with Crippen molar-refractivity contribution in [3.05, 3.63) is 94.6 Å². The summed E-state index contributed by atoms with van der Waals surface area (Å²) in [4.78, 5) is 14.5. The first-order chi connectivity index (χ1) is 10.7. The minimum Gasteiger partial charge on any atom is -0.330 e. The van der Waals surface area contributed by atoms with Gasteiger partial charge in [0.1, 0.15) is 0 Å². The Morgan fingerprint density at radius 2 is 1.82 bits per heavy atom. The van der Waals surface area contributed by atoms with Crippen LogP contribution in [0.5, 0.6) is 0 Å². The average molecular weight is 293 g/mol. The Labute approximate surface area is 128 Å². The molecule has 0 aliphatic heterocycles. The van der Waals surface area contributed by atoms with Crippen LogP contribution in [0.4, 0.5) is 5.69 Å². The number of rotatable bonds is 5. The molecule has 1 aromatic heterocycles. The van der Waals surface area contributed by atoms with Gasteiger partial charge in [0.2, 0.25) is 0 Å². The zero-order chi connectivity index (χ0) is 15.4. The van der Waals surface area contributed by atoms with E-state index in [1.165, 1.54) is 5.56 Å². The summed E-state index contributed by atoms with van der Waals surface area (Å²) < 4.78 is 2.05. The smallest absolute Gasteiger partial charge is 0.269 e. The zero-order valence-electron chi connectivity index (χ0n) is 11.9. The lowest BCUT2D eigenvalue weighted by Crippen LogP contribution is -2.12. The van der Waals surface area contributed by atoms with Crippen LogP contribution in [-0.2, 0) is 6.42 Å². The summed E-state index contributed by atoms with van der Waals surface area (Å²) in [7, 11) is 0. The number of benzene rings is 2. The van der Waals surface area contributed by atoms with Crippen LogP contribution in [0.15, 0.2) is 73.3 Å². The molecule has 0 saturated heterocycles. The number of nitrogens with zero attached hydrogens (tertiary/aromatic N) is 3. The summed E-state index contributed by atoms with van der Waals surface area (Å²) in [6, 6.07) is 17.0. The molecule has 0 bridgehead atoms. The molecule has 1 atom stereocenters. The molecule has 110 valence electrons. The van der Waals surface area contributed by atoms with Crippen molar-refractivity contribution in [1.82, 2.24) is 9.55 Å². The highest BCUT2D eigenvalue weighted by atomic mass is 16.6. The Kier molecular flexibility index (Phi) is 3.96. The van der Waals surface area contributed by atoms with Crippen molar-refractivity contribution >= 4 is 5.69 Å². The third-order valence-electron chi connectivity index (χ3n) is 3.65. The maximum absolute atomic E-state index is 10.7. The van der Waals surface area contributed by atoms with Crippen molar-refractivity contribution < 1.29 is 4.92 Å². The number of non-ortho nitro benzene ring substituents is 1. The van der Waals surface area contributed by atoms with E-state index in [9.17, 15) is 10.1 Å². The van der Waals surface area contributed by atoms with Crippen molar-refractivity contribution in [1.29, 1.82) is 0 Å². The summed E-state index contributed by atoms with van der Waals surface area (Å²) in [6.45, 7) is 0. The zero-order valence-corrected chi connectivity index (χ0v) is 11.9. The van der Waals surface area contributed by atoms with Gasteiger partial charge in [-0.05, 0) is 17.5 Å². The van der Waals surface area contributed by atoms with Crippen molar-refractivity contribution in [2.75, 3.05) is 0 Å². The van der Waals surface area contributed by atoms with Crippen LogP contribution < -0.4 is 0 Å². The fourth-order valence-electron chi connectivity index (χ4n) is 2.50. The summed E-state index contributed by atoms with van der Waals surface area (Å²) in [6.07, 6.45) is 6.23. The second-order valence-electron chi connectivity index (χ2n) is 5.06. The van der Waals surface area contributed by atoms with Gasteiger partial charge in [0.05, 0.1) is 17.3 Å². The molecule has 1 unspecified atom stereocenters. The van der Waals surface area contributed by atoms with Crippen molar-refractivity contribution in [3.63, 3.8) is 0 Å². The van der Waals surface area contributed by atoms with Gasteiger partial charge in [-0.25, -0.2) is 4.98 Å². The molecule has 0 fully saturated rings. The van der Waals surface area contributed by atoms with Crippen LogP contribution in [0.2, 0.25) is 0 Å². The van der Waals surface area contributed by atoms with E-state index in [0.29, 0.717) is 0 Å². The lowest BCUT2D eigenvalue weighted by molar-refractivity contribution is -0.384. The summed E-state index contributed by atoms with van der Waals surface area (Å²) >= 11 is 0. The standard InChI is InChI=1S/C17H15N3O2/c21-20(22)16-8-6-14(7-9-16)12-17(19-11-10-18-13-19)15-4-2-1-3-5-15/h1-11,13,17H,12H2. The van der Waals surface area contributed by atoms with Gasteiger partial charge in [-0.3, -0.25) is 10.1 Å².